The fraction of sp³-hybridized carbons (Fsp3) is 0.444. The van der Waals surface area contributed by atoms with Crippen molar-refractivity contribution in [2.75, 3.05) is 6.61 Å². The van der Waals surface area contributed by atoms with Crippen molar-refractivity contribution in [3.05, 3.63) is 17.3 Å². The molecule has 0 aliphatic carbocycles. The third kappa shape index (κ3) is 3.70. The van der Waals surface area contributed by atoms with Crippen molar-refractivity contribution >= 4 is 24.2 Å². The van der Waals surface area contributed by atoms with Gasteiger partial charge in [-0.15, -0.1) is 0 Å². The topological polar surface area (TPSA) is 62.6 Å². The first kappa shape index (κ1) is 12.3. The Morgan fingerprint density at radius 3 is 2.73 bits per heavy atom. The second-order valence-corrected chi connectivity index (χ2v) is 4.06. The standard InChI is InChI=1S/C9H13BClNO3/c1-6(2)5-15-9-8(10(13)14)3-7(11)4-12-9/h3-4,6,13-14H,5H2,1-2H3. The number of nitrogens with zero attached hydrogens (tertiary/aromatic N) is 1. The molecule has 1 aromatic rings. The molecule has 0 atom stereocenters. The molecule has 0 radical (unpaired) electrons. The lowest BCUT2D eigenvalue weighted by atomic mass is 9.81. The predicted molar refractivity (Wildman–Crippen MR) is 59.4 cm³/mol. The van der Waals surface area contributed by atoms with Crippen LogP contribution in [0.5, 0.6) is 5.88 Å². The molecule has 0 amide bonds. The zero-order chi connectivity index (χ0) is 11.4. The van der Waals surface area contributed by atoms with E-state index in [0.29, 0.717) is 17.5 Å². The number of hydrogen-bond donors (Lipinski definition) is 2. The molecule has 0 unspecified atom stereocenters. The third-order valence-corrected chi connectivity index (χ3v) is 1.88. The van der Waals surface area contributed by atoms with Crippen LogP contribution in [0.4, 0.5) is 0 Å². The van der Waals surface area contributed by atoms with Gasteiger partial charge in [0.05, 0.1) is 11.6 Å². The van der Waals surface area contributed by atoms with Crippen LogP contribution < -0.4 is 10.2 Å². The van der Waals surface area contributed by atoms with Gasteiger partial charge in [0.15, 0.2) is 0 Å². The minimum Gasteiger partial charge on any atom is -0.478 e. The Labute approximate surface area is 94.0 Å². The van der Waals surface area contributed by atoms with Gasteiger partial charge in [-0.3, -0.25) is 0 Å². The Morgan fingerprint density at radius 1 is 1.53 bits per heavy atom. The zero-order valence-electron chi connectivity index (χ0n) is 8.64. The van der Waals surface area contributed by atoms with Gasteiger partial charge in [0.1, 0.15) is 0 Å². The Hall–Kier alpha value is -0.775. The van der Waals surface area contributed by atoms with Crippen molar-refractivity contribution in [3.63, 3.8) is 0 Å². The normalized spacial score (nSPS) is 10.5. The lowest BCUT2D eigenvalue weighted by molar-refractivity contribution is 0.262. The lowest BCUT2D eigenvalue weighted by Crippen LogP contribution is -2.32. The van der Waals surface area contributed by atoms with E-state index in [1.807, 2.05) is 13.8 Å². The molecule has 4 nitrogen and oxygen atoms in total. The summed E-state index contributed by atoms with van der Waals surface area (Å²) in [5.74, 6) is 0.550. The van der Waals surface area contributed by atoms with Crippen LogP contribution in [-0.4, -0.2) is 28.8 Å². The first-order valence-electron chi connectivity index (χ1n) is 4.65. The number of hydrogen-bond acceptors (Lipinski definition) is 4. The van der Waals surface area contributed by atoms with Crippen LogP contribution in [0.1, 0.15) is 13.8 Å². The van der Waals surface area contributed by atoms with Gasteiger partial charge in [-0.05, 0) is 12.0 Å². The highest BCUT2D eigenvalue weighted by Gasteiger charge is 2.19. The Kier molecular flexibility index (Phi) is 4.38. The molecule has 0 spiro atoms. The van der Waals surface area contributed by atoms with Crippen LogP contribution in [0, 0.1) is 5.92 Å². The summed E-state index contributed by atoms with van der Waals surface area (Å²) in [4.78, 5) is 3.90. The summed E-state index contributed by atoms with van der Waals surface area (Å²) in [7, 11) is -1.63. The summed E-state index contributed by atoms with van der Waals surface area (Å²) in [6, 6.07) is 1.43. The van der Waals surface area contributed by atoms with Crippen LogP contribution in [0.15, 0.2) is 12.3 Å². The van der Waals surface area contributed by atoms with Gasteiger partial charge >= 0.3 is 7.12 Å². The van der Waals surface area contributed by atoms with E-state index in [1.54, 1.807) is 0 Å². The molecule has 2 N–H and O–H groups in total. The van der Waals surface area contributed by atoms with E-state index in [4.69, 9.17) is 26.4 Å². The summed E-state index contributed by atoms with van der Waals surface area (Å²) >= 11 is 5.68. The molecule has 1 aromatic heterocycles. The minimum atomic E-state index is -1.63. The van der Waals surface area contributed by atoms with Gasteiger partial charge in [0.25, 0.3) is 0 Å². The SMILES string of the molecule is CC(C)COc1ncc(Cl)cc1B(O)O. The molecule has 0 bridgehead atoms. The smallest absolute Gasteiger partial charge is 0.478 e. The predicted octanol–water partition coefficient (Wildman–Crippen LogP) is 0.450. The van der Waals surface area contributed by atoms with Crippen molar-refractivity contribution in [1.29, 1.82) is 0 Å². The highest BCUT2D eigenvalue weighted by molar-refractivity contribution is 6.60. The Morgan fingerprint density at radius 2 is 2.20 bits per heavy atom. The maximum Gasteiger partial charge on any atom is 0.494 e. The van der Waals surface area contributed by atoms with E-state index in [9.17, 15) is 0 Å². The van der Waals surface area contributed by atoms with E-state index in [2.05, 4.69) is 4.98 Å². The van der Waals surface area contributed by atoms with E-state index in [0.717, 1.165) is 0 Å². The van der Waals surface area contributed by atoms with Crippen molar-refractivity contribution < 1.29 is 14.8 Å². The molecular formula is C9H13BClNO3. The molecule has 1 heterocycles. The van der Waals surface area contributed by atoms with Gasteiger partial charge in [0.2, 0.25) is 5.88 Å². The van der Waals surface area contributed by atoms with Gasteiger partial charge in [-0.1, -0.05) is 25.4 Å². The molecule has 15 heavy (non-hydrogen) atoms. The molecule has 6 heteroatoms. The van der Waals surface area contributed by atoms with E-state index in [1.165, 1.54) is 12.3 Å². The summed E-state index contributed by atoms with van der Waals surface area (Å²) < 4.78 is 5.33. The molecule has 0 saturated heterocycles. The number of pyridine rings is 1. The van der Waals surface area contributed by atoms with Crippen molar-refractivity contribution in [1.82, 2.24) is 4.98 Å². The van der Waals surface area contributed by atoms with Gasteiger partial charge < -0.3 is 14.8 Å². The van der Waals surface area contributed by atoms with Crippen molar-refractivity contribution in [2.24, 2.45) is 5.92 Å². The van der Waals surface area contributed by atoms with Crippen LogP contribution in [0.3, 0.4) is 0 Å². The summed E-state index contributed by atoms with van der Waals surface area (Å²) in [5, 5.41) is 18.5. The van der Waals surface area contributed by atoms with Crippen LogP contribution in [-0.2, 0) is 0 Å². The zero-order valence-corrected chi connectivity index (χ0v) is 9.40. The largest absolute Gasteiger partial charge is 0.494 e. The van der Waals surface area contributed by atoms with Crippen molar-refractivity contribution in [3.8, 4) is 5.88 Å². The fourth-order valence-electron chi connectivity index (χ4n) is 0.994. The minimum absolute atomic E-state index is 0.183. The van der Waals surface area contributed by atoms with Crippen LogP contribution >= 0.6 is 11.6 Å². The lowest BCUT2D eigenvalue weighted by Gasteiger charge is -2.11. The first-order valence-corrected chi connectivity index (χ1v) is 5.03. The fourth-order valence-corrected chi connectivity index (χ4v) is 1.16. The number of ether oxygens (including phenoxy) is 1. The summed E-state index contributed by atoms with van der Waals surface area (Å²) in [6.07, 6.45) is 1.41. The van der Waals surface area contributed by atoms with E-state index < -0.39 is 7.12 Å². The molecule has 0 fully saturated rings. The average molecular weight is 229 g/mol. The number of halogens is 1. The van der Waals surface area contributed by atoms with E-state index >= 15 is 0 Å². The Bertz CT molecular complexity index is 333. The summed E-state index contributed by atoms with van der Waals surface area (Å²) in [6.45, 7) is 4.45. The van der Waals surface area contributed by atoms with Gasteiger partial charge in [0, 0.05) is 11.7 Å². The third-order valence-electron chi connectivity index (χ3n) is 1.68. The van der Waals surface area contributed by atoms with Gasteiger partial charge in [-0.25, -0.2) is 4.98 Å². The van der Waals surface area contributed by atoms with Crippen molar-refractivity contribution in [2.45, 2.75) is 13.8 Å². The average Bonchev–Trinajstić information content (AvgIpc) is 2.15. The molecule has 0 saturated carbocycles. The second kappa shape index (κ2) is 5.35. The maximum atomic E-state index is 9.07. The quantitative estimate of drug-likeness (QED) is 0.736. The Balaban J connectivity index is 2.86. The van der Waals surface area contributed by atoms with E-state index in [-0.39, 0.29) is 11.3 Å². The van der Waals surface area contributed by atoms with Crippen LogP contribution in [0.2, 0.25) is 5.02 Å². The van der Waals surface area contributed by atoms with Gasteiger partial charge in [-0.2, -0.15) is 0 Å². The monoisotopic (exact) mass is 229 g/mol. The number of aromatic nitrogens is 1. The molecule has 0 aliphatic heterocycles. The summed E-state index contributed by atoms with van der Waals surface area (Å²) in [5.41, 5.74) is 0.183. The molecule has 0 aromatic carbocycles. The molecule has 82 valence electrons. The maximum absolute atomic E-state index is 9.07. The molecule has 1 rings (SSSR count). The highest BCUT2D eigenvalue weighted by atomic mass is 35.5. The molecule has 0 aliphatic rings. The number of rotatable bonds is 4. The first-order chi connectivity index (χ1) is 7.00. The van der Waals surface area contributed by atoms with Crippen LogP contribution in [0.25, 0.3) is 0 Å². The second-order valence-electron chi connectivity index (χ2n) is 3.63. The molecular weight excluding hydrogens is 216 g/mol. The highest BCUT2D eigenvalue weighted by Crippen LogP contribution is 2.11.